The van der Waals surface area contributed by atoms with Crippen LogP contribution in [0.3, 0.4) is 0 Å². The number of ether oxygens (including phenoxy) is 2. The average Bonchev–Trinajstić information content (AvgIpc) is 2.50. The predicted octanol–water partition coefficient (Wildman–Crippen LogP) is 2.91. The first-order chi connectivity index (χ1) is 11.3. The van der Waals surface area contributed by atoms with Gasteiger partial charge in [-0.1, -0.05) is 12.1 Å². The van der Waals surface area contributed by atoms with E-state index in [0.717, 1.165) is 24.1 Å². The molecule has 3 N–H and O–H groups in total. The van der Waals surface area contributed by atoms with Gasteiger partial charge in [-0.15, -0.1) is 0 Å². The van der Waals surface area contributed by atoms with Gasteiger partial charge in [-0.05, 0) is 51.3 Å². The van der Waals surface area contributed by atoms with Crippen LogP contribution in [0.1, 0.15) is 39.2 Å². The molecule has 0 aliphatic rings. The first-order valence-corrected chi connectivity index (χ1v) is 8.26. The predicted molar refractivity (Wildman–Crippen MR) is 95.1 cm³/mol. The van der Waals surface area contributed by atoms with E-state index in [9.17, 15) is 9.90 Å². The number of alkyl carbamates (subject to hydrolysis) is 1. The lowest BCUT2D eigenvalue weighted by Crippen LogP contribution is -2.33. The number of anilines is 1. The number of nitrogens with one attached hydrogen (secondary N) is 2. The van der Waals surface area contributed by atoms with E-state index >= 15 is 0 Å². The second-order valence-corrected chi connectivity index (χ2v) is 6.73. The summed E-state index contributed by atoms with van der Waals surface area (Å²) in [7, 11) is 1.66. The second kappa shape index (κ2) is 10.2. The molecule has 0 fully saturated rings. The quantitative estimate of drug-likeness (QED) is 0.603. The van der Waals surface area contributed by atoms with Crippen molar-refractivity contribution in [2.45, 2.75) is 51.9 Å². The van der Waals surface area contributed by atoms with Crippen LogP contribution in [0.25, 0.3) is 0 Å². The molecule has 0 saturated carbocycles. The minimum Gasteiger partial charge on any atom is -0.444 e. The van der Waals surface area contributed by atoms with Gasteiger partial charge in [0.15, 0.2) is 0 Å². The molecule has 136 valence electrons. The van der Waals surface area contributed by atoms with E-state index in [4.69, 9.17) is 9.47 Å². The topological polar surface area (TPSA) is 79.8 Å². The summed E-state index contributed by atoms with van der Waals surface area (Å²) in [5, 5.41) is 15.4. The molecule has 1 unspecified atom stereocenters. The zero-order chi connectivity index (χ0) is 18.0. The van der Waals surface area contributed by atoms with Crippen LogP contribution < -0.4 is 10.6 Å². The molecule has 0 aliphatic carbocycles. The zero-order valence-corrected chi connectivity index (χ0v) is 15.1. The lowest BCUT2D eigenvalue weighted by molar-refractivity contribution is 0.0526. The van der Waals surface area contributed by atoms with E-state index in [0.29, 0.717) is 13.2 Å². The summed E-state index contributed by atoms with van der Waals surface area (Å²) < 4.78 is 10.5. The highest BCUT2D eigenvalue weighted by atomic mass is 16.6. The van der Waals surface area contributed by atoms with Crippen molar-refractivity contribution in [2.75, 3.05) is 25.6 Å². The lowest BCUT2D eigenvalue weighted by atomic mass is 10.1. The molecule has 6 heteroatoms. The van der Waals surface area contributed by atoms with Crippen molar-refractivity contribution >= 4 is 11.8 Å². The van der Waals surface area contributed by atoms with Gasteiger partial charge >= 0.3 is 6.09 Å². The third-order valence-corrected chi connectivity index (χ3v) is 3.25. The molecular formula is C18H30N2O4. The summed E-state index contributed by atoms with van der Waals surface area (Å²) in [5.74, 6) is 0. The molecule has 0 aromatic heterocycles. The molecule has 1 amide bonds. The van der Waals surface area contributed by atoms with E-state index in [-0.39, 0.29) is 12.6 Å². The van der Waals surface area contributed by atoms with Crippen LogP contribution in [-0.2, 0) is 16.1 Å². The van der Waals surface area contributed by atoms with Crippen LogP contribution in [0.5, 0.6) is 0 Å². The fourth-order valence-corrected chi connectivity index (χ4v) is 2.25. The minimum atomic E-state index is -0.484. The lowest BCUT2D eigenvalue weighted by Gasteiger charge is -2.21. The van der Waals surface area contributed by atoms with Gasteiger partial charge in [0, 0.05) is 25.4 Å². The number of amides is 1. The van der Waals surface area contributed by atoms with Gasteiger partial charge in [-0.25, -0.2) is 4.79 Å². The average molecular weight is 338 g/mol. The van der Waals surface area contributed by atoms with Crippen molar-refractivity contribution in [3.8, 4) is 0 Å². The number of hydrogen-bond donors (Lipinski definition) is 3. The Balaban J connectivity index is 2.39. The van der Waals surface area contributed by atoms with E-state index in [1.807, 2.05) is 45.0 Å². The van der Waals surface area contributed by atoms with Gasteiger partial charge < -0.3 is 25.2 Å². The Morgan fingerprint density at radius 2 is 2.08 bits per heavy atom. The molecule has 1 atom stereocenters. The third kappa shape index (κ3) is 8.74. The molecule has 1 rings (SSSR count). The van der Waals surface area contributed by atoms with Crippen LogP contribution in [0, 0.1) is 0 Å². The normalized spacial score (nSPS) is 12.5. The van der Waals surface area contributed by atoms with Crippen LogP contribution in [0.4, 0.5) is 10.5 Å². The maximum Gasteiger partial charge on any atom is 0.407 e. The number of rotatable bonds is 9. The Bertz CT molecular complexity index is 500. The van der Waals surface area contributed by atoms with E-state index in [1.165, 1.54) is 0 Å². The summed E-state index contributed by atoms with van der Waals surface area (Å²) in [6.45, 7) is 6.65. The summed E-state index contributed by atoms with van der Waals surface area (Å²) in [4.78, 5) is 11.6. The van der Waals surface area contributed by atoms with Crippen molar-refractivity contribution in [3.05, 3.63) is 29.8 Å². The van der Waals surface area contributed by atoms with Gasteiger partial charge in [0.05, 0.1) is 13.2 Å². The molecule has 0 aliphatic heterocycles. The highest BCUT2D eigenvalue weighted by Gasteiger charge is 2.15. The Hall–Kier alpha value is -1.79. The summed E-state index contributed by atoms with van der Waals surface area (Å²) in [5.41, 5.74) is 1.33. The Labute approximate surface area is 144 Å². The van der Waals surface area contributed by atoms with Gasteiger partial charge in [-0.3, -0.25) is 0 Å². The number of carbonyl (C=O) groups excluding carboxylic acids is 1. The van der Waals surface area contributed by atoms with Crippen molar-refractivity contribution < 1.29 is 19.4 Å². The van der Waals surface area contributed by atoms with Crippen molar-refractivity contribution in [1.29, 1.82) is 0 Å². The summed E-state index contributed by atoms with van der Waals surface area (Å²) in [6, 6.07) is 7.79. The molecule has 0 saturated heterocycles. The summed E-state index contributed by atoms with van der Waals surface area (Å²) >= 11 is 0. The number of benzene rings is 1. The van der Waals surface area contributed by atoms with Gasteiger partial charge in [0.2, 0.25) is 0 Å². The van der Waals surface area contributed by atoms with E-state index < -0.39 is 11.7 Å². The Kier molecular flexibility index (Phi) is 8.57. The fourth-order valence-electron chi connectivity index (χ4n) is 2.25. The van der Waals surface area contributed by atoms with Gasteiger partial charge in [0.25, 0.3) is 0 Å². The highest BCUT2D eigenvalue weighted by Crippen LogP contribution is 2.14. The molecule has 0 radical (unpaired) electrons. The number of aliphatic hydroxyl groups is 1. The third-order valence-electron chi connectivity index (χ3n) is 3.25. The van der Waals surface area contributed by atoms with E-state index in [2.05, 4.69) is 10.6 Å². The Morgan fingerprint density at radius 1 is 1.33 bits per heavy atom. The Morgan fingerprint density at radius 3 is 2.71 bits per heavy atom. The standard InChI is InChI=1S/C18H30N2O4/c1-18(2,3)24-17(22)19-10-6-9-16(13-23-4)20-15-8-5-7-14(11-15)12-21/h5,7-8,11,16,20-21H,6,9-10,12-13H2,1-4H3,(H,19,22). The van der Waals surface area contributed by atoms with Crippen LogP contribution in [-0.4, -0.2) is 43.1 Å². The SMILES string of the molecule is COCC(CCCNC(=O)OC(C)(C)C)Nc1cccc(CO)c1. The number of methoxy groups -OCH3 is 1. The minimum absolute atomic E-state index is 0.0181. The van der Waals surface area contributed by atoms with Crippen molar-refractivity contribution in [1.82, 2.24) is 5.32 Å². The highest BCUT2D eigenvalue weighted by molar-refractivity contribution is 5.67. The first-order valence-electron chi connectivity index (χ1n) is 8.26. The monoisotopic (exact) mass is 338 g/mol. The van der Waals surface area contributed by atoms with Crippen molar-refractivity contribution in [2.24, 2.45) is 0 Å². The molecule has 0 spiro atoms. The maximum absolute atomic E-state index is 11.6. The smallest absolute Gasteiger partial charge is 0.407 e. The number of aliphatic hydroxyl groups excluding tert-OH is 1. The van der Waals surface area contributed by atoms with Crippen LogP contribution in [0.15, 0.2) is 24.3 Å². The number of carbonyl (C=O) groups is 1. The molecule has 6 nitrogen and oxygen atoms in total. The van der Waals surface area contributed by atoms with Crippen LogP contribution >= 0.6 is 0 Å². The second-order valence-electron chi connectivity index (χ2n) is 6.73. The molecule has 24 heavy (non-hydrogen) atoms. The largest absolute Gasteiger partial charge is 0.444 e. The molecule has 0 bridgehead atoms. The zero-order valence-electron chi connectivity index (χ0n) is 15.1. The first kappa shape index (κ1) is 20.3. The van der Waals surface area contributed by atoms with Gasteiger partial charge in [0.1, 0.15) is 5.60 Å². The van der Waals surface area contributed by atoms with Gasteiger partial charge in [-0.2, -0.15) is 0 Å². The van der Waals surface area contributed by atoms with E-state index in [1.54, 1.807) is 7.11 Å². The van der Waals surface area contributed by atoms with Crippen molar-refractivity contribution in [3.63, 3.8) is 0 Å². The maximum atomic E-state index is 11.6. The number of hydrogen-bond acceptors (Lipinski definition) is 5. The summed E-state index contributed by atoms with van der Waals surface area (Å²) in [6.07, 6.45) is 1.25. The molecule has 1 aromatic carbocycles. The molecule has 1 aromatic rings. The molecule has 0 heterocycles. The molecular weight excluding hydrogens is 308 g/mol. The fraction of sp³-hybridized carbons (Fsp3) is 0.611. The van der Waals surface area contributed by atoms with Crippen LogP contribution in [0.2, 0.25) is 0 Å².